The fourth-order valence-corrected chi connectivity index (χ4v) is 4.64. The first-order chi connectivity index (χ1) is 9.63. The molecule has 2 atom stereocenters. The molecule has 21 heavy (non-hydrogen) atoms. The first-order valence-corrected chi connectivity index (χ1v) is 7.92. The monoisotopic (exact) mass is 327 g/mol. The Balaban J connectivity index is 0.00000161. The van der Waals surface area contributed by atoms with E-state index in [1.54, 1.807) is 0 Å². The minimum atomic E-state index is 0. The molecular formula is C14H22ClN5S. The van der Waals surface area contributed by atoms with Crippen molar-refractivity contribution in [1.29, 1.82) is 0 Å². The van der Waals surface area contributed by atoms with Crippen LogP contribution in [0.2, 0.25) is 0 Å². The van der Waals surface area contributed by atoms with Crippen molar-refractivity contribution in [2.75, 3.05) is 24.6 Å². The van der Waals surface area contributed by atoms with E-state index in [2.05, 4.69) is 22.2 Å². The third-order valence-electron chi connectivity index (χ3n) is 4.04. The van der Waals surface area contributed by atoms with Crippen molar-refractivity contribution < 1.29 is 0 Å². The number of fused-ring (bicyclic) bond motifs is 3. The number of anilines is 2. The third-order valence-corrected chi connectivity index (χ3v) is 5.43. The minimum Gasteiger partial charge on any atom is -0.372 e. The Labute approximate surface area is 134 Å². The number of nitrogens with zero attached hydrogens (tertiary/aromatic N) is 2. The lowest BCUT2D eigenvalue weighted by Crippen LogP contribution is -2.17. The molecule has 1 aliphatic rings. The minimum absolute atomic E-state index is 0. The van der Waals surface area contributed by atoms with Crippen molar-refractivity contribution in [3.05, 3.63) is 10.4 Å². The lowest BCUT2D eigenvalue weighted by Gasteiger charge is -2.26. The summed E-state index contributed by atoms with van der Waals surface area (Å²) < 4.78 is 1.13. The summed E-state index contributed by atoms with van der Waals surface area (Å²) in [6.07, 6.45) is 3.34. The molecule has 0 bridgehead atoms. The number of hydrogen-bond donors (Lipinski definition) is 3. The molecule has 7 heteroatoms. The maximum absolute atomic E-state index is 5.84. The molecule has 0 fully saturated rings. The molecule has 2 unspecified atom stereocenters. The highest BCUT2D eigenvalue weighted by Crippen LogP contribution is 2.46. The number of nitrogen functional groups attached to an aromatic ring is 1. The number of rotatable bonds is 3. The van der Waals surface area contributed by atoms with Gasteiger partial charge in [-0.2, -0.15) is 4.98 Å². The molecule has 0 radical (unpaired) electrons. The van der Waals surface area contributed by atoms with Gasteiger partial charge in [0.15, 0.2) is 0 Å². The molecule has 0 spiro atoms. The van der Waals surface area contributed by atoms with Gasteiger partial charge in [0.1, 0.15) is 5.82 Å². The van der Waals surface area contributed by atoms with E-state index >= 15 is 0 Å². The van der Waals surface area contributed by atoms with Gasteiger partial charge >= 0.3 is 0 Å². The fourth-order valence-electron chi connectivity index (χ4n) is 3.23. The van der Waals surface area contributed by atoms with Gasteiger partial charge in [-0.15, -0.1) is 23.7 Å². The van der Waals surface area contributed by atoms with Crippen LogP contribution in [0.5, 0.6) is 0 Å². The van der Waals surface area contributed by atoms with E-state index in [0.717, 1.165) is 35.4 Å². The molecule has 0 amide bonds. The number of nitrogens with one attached hydrogen (secondary N) is 1. The molecule has 0 aliphatic heterocycles. The summed E-state index contributed by atoms with van der Waals surface area (Å²) in [4.78, 5) is 10.2. The van der Waals surface area contributed by atoms with E-state index in [4.69, 9.17) is 11.5 Å². The highest BCUT2D eigenvalue weighted by Gasteiger charge is 2.29. The van der Waals surface area contributed by atoms with Gasteiger partial charge in [-0.3, -0.25) is 0 Å². The normalized spacial score (nSPS) is 20.9. The molecule has 0 saturated heterocycles. The van der Waals surface area contributed by atoms with Crippen LogP contribution in [0.3, 0.4) is 0 Å². The summed E-state index contributed by atoms with van der Waals surface area (Å²) in [5, 5.41) is 3.13. The summed E-state index contributed by atoms with van der Waals surface area (Å²) in [6.45, 7) is 3.04. The SMILES string of the molecule is CNc1nc(N)nc2c3c(sc12)C(CCN)CC(C)C3.Cl. The molecule has 1 aliphatic carbocycles. The second-order valence-corrected chi connectivity index (χ2v) is 6.67. The smallest absolute Gasteiger partial charge is 0.222 e. The van der Waals surface area contributed by atoms with Crippen molar-refractivity contribution in [2.24, 2.45) is 11.7 Å². The zero-order chi connectivity index (χ0) is 14.3. The van der Waals surface area contributed by atoms with E-state index in [9.17, 15) is 0 Å². The van der Waals surface area contributed by atoms with Gasteiger partial charge in [-0.1, -0.05) is 6.92 Å². The predicted molar refractivity (Wildman–Crippen MR) is 92.5 cm³/mol. The molecule has 5 N–H and O–H groups in total. The maximum atomic E-state index is 5.84. The zero-order valence-electron chi connectivity index (χ0n) is 12.3. The molecule has 3 rings (SSSR count). The van der Waals surface area contributed by atoms with Crippen molar-refractivity contribution in [3.8, 4) is 0 Å². The number of hydrogen-bond acceptors (Lipinski definition) is 6. The second-order valence-electron chi connectivity index (χ2n) is 5.62. The van der Waals surface area contributed by atoms with Crippen LogP contribution in [0, 0.1) is 5.92 Å². The topological polar surface area (TPSA) is 89.8 Å². The average molecular weight is 328 g/mol. The number of halogens is 1. The van der Waals surface area contributed by atoms with E-state index in [-0.39, 0.29) is 12.4 Å². The van der Waals surface area contributed by atoms with Crippen LogP contribution >= 0.6 is 23.7 Å². The molecule has 116 valence electrons. The molecular weight excluding hydrogens is 306 g/mol. The van der Waals surface area contributed by atoms with Crippen molar-refractivity contribution in [2.45, 2.75) is 32.1 Å². The van der Waals surface area contributed by atoms with E-state index < -0.39 is 0 Å². The Hall–Kier alpha value is -1.11. The average Bonchev–Trinajstić information content (AvgIpc) is 2.77. The summed E-state index contributed by atoms with van der Waals surface area (Å²) >= 11 is 1.81. The quantitative estimate of drug-likeness (QED) is 0.806. The van der Waals surface area contributed by atoms with Crippen LogP contribution < -0.4 is 16.8 Å². The van der Waals surface area contributed by atoms with Crippen LogP contribution in [0.15, 0.2) is 0 Å². The van der Waals surface area contributed by atoms with E-state index in [0.29, 0.717) is 17.8 Å². The third kappa shape index (κ3) is 2.80. The van der Waals surface area contributed by atoms with Gasteiger partial charge in [0.05, 0.1) is 10.2 Å². The molecule has 0 aromatic carbocycles. The molecule has 0 saturated carbocycles. The molecule has 2 heterocycles. The predicted octanol–water partition coefficient (Wildman–Crippen LogP) is 2.75. The van der Waals surface area contributed by atoms with Crippen molar-refractivity contribution in [3.63, 3.8) is 0 Å². The van der Waals surface area contributed by atoms with Gasteiger partial charge in [0.25, 0.3) is 0 Å². The standard InChI is InChI=1S/C14H21N5S.ClH/c1-7-5-8(3-4-15)11-9(6-7)10-12(20-11)13(17-2)19-14(16)18-10;/h7-8H,3-6,15H2,1-2H3,(H3,16,17,18,19);1H. The Morgan fingerprint density at radius 2 is 2.14 bits per heavy atom. The van der Waals surface area contributed by atoms with Gasteiger partial charge in [-0.25, -0.2) is 4.98 Å². The van der Waals surface area contributed by atoms with Crippen molar-refractivity contribution in [1.82, 2.24) is 9.97 Å². The lowest BCUT2D eigenvalue weighted by atomic mass is 9.80. The summed E-state index contributed by atoms with van der Waals surface area (Å²) in [5.74, 6) is 2.41. The first-order valence-electron chi connectivity index (χ1n) is 7.10. The van der Waals surface area contributed by atoms with Crippen LogP contribution in [-0.2, 0) is 6.42 Å². The van der Waals surface area contributed by atoms with Gasteiger partial charge in [-0.05, 0) is 43.2 Å². The van der Waals surface area contributed by atoms with Gasteiger partial charge in [0.2, 0.25) is 5.95 Å². The van der Waals surface area contributed by atoms with Gasteiger partial charge in [0, 0.05) is 11.9 Å². The largest absolute Gasteiger partial charge is 0.372 e. The Morgan fingerprint density at radius 3 is 2.81 bits per heavy atom. The maximum Gasteiger partial charge on any atom is 0.222 e. The Morgan fingerprint density at radius 1 is 1.38 bits per heavy atom. The van der Waals surface area contributed by atoms with Crippen LogP contribution in [0.25, 0.3) is 10.2 Å². The fraction of sp³-hybridized carbons (Fsp3) is 0.571. The Bertz CT molecular complexity index is 642. The molecule has 2 aromatic heterocycles. The van der Waals surface area contributed by atoms with Crippen LogP contribution in [0.1, 0.15) is 36.1 Å². The highest BCUT2D eigenvalue weighted by atomic mass is 35.5. The summed E-state index contributed by atoms with van der Waals surface area (Å²) in [6, 6.07) is 0. The Kier molecular flexibility index (Phi) is 4.91. The van der Waals surface area contributed by atoms with Crippen LogP contribution in [-0.4, -0.2) is 23.6 Å². The summed E-state index contributed by atoms with van der Waals surface area (Å²) in [7, 11) is 1.87. The van der Waals surface area contributed by atoms with Gasteiger partial charge < -0.3 is 16.8 Å². The second kappa shape index (κ2) is 6.34. The van der Waals surface area contributed by atoms with Crippen molar-refractivity contribution >= 4 is 45.7 Å². The number of nitrogens with two attached hydrogens (primary N) is 2. The van der Waals surface area contributed by atoms with Crippen LogP contribution in [0.4, 0.5) is 11.8 Å². The first kappa shape index (κ1) is 16.3. The molecule has 2 aromatic rings. The number of thiophene rings is 1. The lowest BCUT2D eigenvalue weighted by molar-refractivity contribution is 0.426. The molecule has 5 nitrogen and oxygen atoms in total. The summed E-state index contributed by atoms with van der Waals surface area (Å²) in [5.41, 5.74) is 14.0. The number of aromatic nitrogens is 2. The van der Waals surface area contributed by atoms with E-state index in [1.807, 2.05) is 18.4 Å². The zero-order valence-corrected chi connectivity index (χ0v) is 14.0. The van der Waals surface area contributed by atoms with E-state index in [1.165, 1.54) is 16.9 Å². The highest BCUT2D eigenvalue weighted by molar-refractivity contribution is 7.20.